The van der Waals surface area contributed by atoms with Crippen molar-refractivity contribution >= 4 is 23.2 Å². The highest BCUT2D eigenvalue weighted by Crippen LogP contribution is 2.24. The van der Waals surface area contributed by atoms with Gasteiger partial charge in [-0.15, -0.1) is 0 Å². The third kappa shape index (κ3) is 3.39. The van der Waals surface area contributed by atoms with E-state index in [1.807, 2.05) is 0 Å². The molecule has 1 aromatic heterocycles. The molecule has 20 heavy (non-hydrogen) atoms. The minimum Gasteiger partial charge on any atom is -0.481 e. The average Bonchev–Trinajstić information content (AvgIpc) is 2.86. The first kappa shape index (κ1) is 14.1. The number of aliphatic carboxylic acids is 1. The van der Waals surface area contributed by atoms with Crippen molar-refractivity contribution in [2.75, 3.05) is 0 Å². The number of nitrogens with zero attached hydrogens (tertiary/aromatic N) is 2. The van der Waals surface area contributed by atoms with Gasteiger partial charge in [-0.05, 0) is 22.7 Å². The van der Waals surface area contributed by atoms with Crippen LogP contribution in [0.25, 0.3) is 10.4 Å². The van der Waals surface area contributed by atoms with Gasteiger partial charge in [0.15, 0.2) is 0 Å². The van der Waals surface area contributed by atoms with E-state index in [1.54, 1.807) is 24.3 Å². The van der Waals surface area contributed by atoms with Crippen molar-refractivity contribution in [2.24, 2.45) is 5.16 Å². The van der Waals surface area contributed by atoms with Gasteiger partial charge in [-0.2, -0.15) is 8.76 Å². The van der Waals surface area contributed by atoms with Crippen molar-refractivity contribution in [2.45, 2.75) is 12.8 Å². The van der Waals surface area contributed by atoms with E-state index >= 15 is 0 Å². The molecule has 0 aliphatic rings. The van der Waals surface area contributed by atoms with Crippen LogP contribution in [0.4, 0.5) is 4.39 Å². The zero-order valence-corrected chi connectivity index (χ0v) is 11.1. The van der Waals surface area contributed by atoms with Crippen LogP contribution in [0, 0.1) is 5.95 Å². The normalized spacial score (nSPS) is 11.6. The topological polar surface area (TPSA) is 82.8 Å². The van der Waals surface area contributed by atoms with Crippen LogP contribution in [-0.2, 0) is 4.79 Å². The van der Waals surface area contributed by atoms with E-state index in [4.69, 9.17) is 10.3 Å². The Bertz CT molecular complexity index is 637. The summed E-state index contributed by atoms with van der Waals surface area (Å²) in [5.41, 5.74) is 1.72. The van der Waals surface area contributed by atoms with Gasteiger partial charge in [0.2, 0.25) is 5.95 Å². The third-order valence-electron chi connectivity index (χ3n) is 2.68. The van der Waals surface area contributed by atoms with Crippen molar-refractivity contribution < 1.29 is 19.5 Å². The number of halogens is 1. The number of carbonyl (C=O) groups is 1. The lowest BCUT2D eigenvalue weighted by molar-refractivity contribution is -0.136. The van der Waals surface area contributed by atoms with Crippen LogP contribution in [0.15, 0.2) is 35.5 Å². The molecule has 2 N–H and O–H groups in total. The minimum absolute atomic E-state index is 0.110. The molecular formula is C13H11FN2O3S. The number of oxime groups is 1. The minimum atomic E-state index is -0.956. The summed E-state index contributed by atoms with van der Waals surface area (Å²) in [6.45, 7) is 0. The van der Waals surface area contributed by atoms with E-state index in [1.165, 1.54) is 6.07 Å². The summed E-state index contributed by atoms with van der Waals surface area (Å²) < 4.78 is 16.4. The van der Waals surface area contributed by atoms with Crippen molar-refractivity contribution in [3.63, 3.8) is 0 Å². The van der Waals surface area contributed by atoms with Gasteiger partial charge >= 0.3 is 5.97 Å². The van der Waals surface area contributed by atoms with Crippen LogP contribution in [0.1, 0.15) is 18.4 Å². The molecule has 5 nitrogen and oxygen atoms in total. The third-order valence-corrected chi connectivity index (χ3v) is 3.50. The molecule has 104 valence electrons. The molecule has 2 rings (SSSR count). The van der Waals surface area contributed by atoms with E-state index in [-0.39, 0.29) is 12.8 Å². The lowest BCUT2D eigenvalue weighted by Gasteiger charge is -2.04. The molecular weight excluding hydrogens is 283 g/mol. The fraction of sp³-hybridized carbons (Fsp3) is 0.154. The summed E-state index contributed by atoms with van der Waals surface area (Å²) in [5, 5.41) is 20.7. The predicted molar refractivity (Wildman–Crippen MR) is 72.7 cm³/mol. The van der Waals surface area contributed by atoms with Crippen LogP contribution in [0.3, 0.4) is 0 Å². The Hall–Kier alpha value is -2.28. The summed E-state index contributed by atoms with van der Waals surface area (Å²) in [5.74, 6) is -1.48. The molecule has 0 atom stereocenters. The Labute approximate surface area is 118 Å². The van der Waals surface area contributed by atoms with Crippen LogP contribution in [0.5, 0.6) is 0 Å². The molecule has 1 heterocycles. The lowest BCUT2D eigenvalue weighted by Crippen LogP contribution is -2.05. The van der Waals surface area contributed by atoms with Gasteiger partial charge in [-0.1, -0.05) is 29.4 Å². The van der Waals surface area contributed by atoms with Gasteiger partial charge in [0.25, 0.3) is 0 Å². The fourth-order valence-electron chi connectivity index (χ4n) is 1.69. The molecule has 0 unspecified atom stereocenters. The second kappa shape index (κ2) is 6.25. The Kier molecular flexibility index (Phi) is 4.41. The highest BCUT2D eigenvalue weighted by atomic mass is 32.1. The number of aromatic nitrogens is 1. The molecule has 0 radical (unpaired) electrons. The van der Waals surface area contributed by atoms with Crippen LogP contribution < -0.4 is 0 Å². The van der Waals surface area contributed by atoms with Gasteiger partial charge in [0.05, 0.1) is 17.0 Å². The molecule has 0 amide bonds. The number of hydrogen-bond acceptors (Lipinski definition) is 5. The van der Waals surface area contributed by atoms with Gasteiger partial charge in [-0.25, -0.2) is 0 Å². The molecule has 0 spiro atoms. The van der Waals surface area contributed by atoms with Gasteiger partial charge in [0.1, 0.15) is 0 Å². The highest BCUT2D eigenvalue weighted by molar-refractivity contribution is 7.09. The first-order chi connectivity index (χ1) is 9.60. The van der Waals surface area contributed by atoms with Gasteiger partial charge in [0, 0.05) is 12.5 Å². The van der Waals surface area contributed by atoms with E-state index in [9.17, 15) is 9.18 Å². The van der Waals surface area contributed by atoms with Gasteiger partial charge in [-0.3, -0.25) is 4.79 Å². The average molecular weight is 294 g/mol. The Morgan fingerprint density at radius 3 is 2.50 bits per heavy atom. The summed E-state index contributed by atoms with van der Waals surface area (Å²) in [4.78, 5) is 11.2. The zero-order valence-electron chi connectivity index (χ0n) is 10.3. The van der Waals surface area contributed by atoms with Crippen LogP contribution in [-0.4, -0.2) is 26.4 Å². The Morgan fingerprint density at radius 1 is 1.30 bits per heavy atom. The second-order valence-electron chi connectivity index (χ2n) is 4.03. The molecule has 0 aliphatic carbocycles. The number of carboxylic acids is 1. The van der Waals surface area contributed by atoms with Crippen molar-refractivity contribution in [1.29, 1.82) is 0 Å². The molecule has 0 bridgehead atoms. The maximum Gasteiger partial charge on any atom is 0.303 e. The highest BCUT2D eigenvalue weighted by Gasteiger charge is 2.09. The maximum absolute atomic E-state index is 12.8. The van der Waals surface area contributed by atoms with Crippen molar-refractivity contribution in [3.05, 3.63) is 41.8 Å². The van der Waals surface area contributed by atoms with E-state index in [0.29, 0.717) is 16.2 Å². The fourth-order valence-corrected chi connectivity index (χ4v) is 2.32. The Balaban J connectivity index is 2.16. The molecule has 7 heteroatoms. The first-order valence-corrected chi connectivity index (χ1v) is 6.53. The molecule has 0 saturated heterocycles. The number of carboxylic acid groups (broad SMARTS) is 1. The van der Waals surface area contributed by atoms with E-state index < -0.39 is 11.9 Å². The standard InChI is InChI=1S/C13H11FN2O3S/c14-12-7-11(20-16-12)9-3-1-8(2-4-9)10(15-19)5-6-13(17)18/h1-4,7,19H,5-6H2,(H,17,18). The number of hydrogen-bond donors (Lipinski definition) is 2. The predicted octanol–water partition coefficient (Wildman–Crippen LogP) is 2.99. The van der Waals surface area contributed by atoms with Crippen molar-refractivity contribution in [1.82, 2.24) is 4.37 Å². The lowest BCUT2D eigenvalue weighted by atomic mass is 10.0. The molecule has 0 saturated carbocycles. The summed E-state index contributed by atoms with van der Waals surface area (Å²) in [6.07, 6.45) is 0.0293. The number of benzene rings is 1. The summed E-state index contributed by atoms with van der Waals surface area (Å²) in [6, 6.07) is 8.22. The van der Waals surface area contributed by atoms with E-state index in [0.717, 1.165) is 17.1 Å². The zero-order chi connectivity index (χ0) is 14.5. The van der Waals surface area contributed by atoms with Crippen molar-refractivity contribution in [3.8, 4) is 10.4 Å². The molecule has 0 aliphatic heterocycles. The van der Waals surface area contributed by atoms with Gasteiger partial charge < -0.3 is 10.3 Å². The summed E-state index contributed by atoms with van der Waals surface area (Å²) in [7, 11) is 0. The molecule has 1 aromatic carbocycles. The maximum atomic E-state index is 12.8. The quantitative estimate of drug-likeness (QED) is 0.504. The largest absolute Gasteiger partial charge is 0.481 e. The second-order valence-corrected chi connectivity index (χ2v) is 4.84. The Morgan fingerprint density at radius 2 is 2.00 bits per heavy atom. The summed E-state index contributed by atoms with van der Waals surface area (Å²) >= 11 is 1.05. The first-order valence-electron chi connectivity index (χ1n) is 5.76. The van der Waals surface area contributed by atoms with Crippen LogP contribution >= 0.6 is 11.5 Å². The smallest absolute Gasteiger partial charge is 0.303 e. The van der Waals surface area contributed by atoms with E-state index in [2.05, 4.69) is 9.53 Å². The molecule has 2 aromatic rings. The monoisotopic (exact) mass is 294 g/mol. The number of rotatable bonds is 5. The SMILES string of the molecule is O=C(O)CCC(=NO)c1ccc(-c2cc(F)ns2)cc1. The van der Waals surface area contributed by atoms with Crippen LogP contribution in [0.2, 0.25) is 0 Å². The molecule has 0 fully saturated rings.